The average Bonchev–Trinajstić information content (AvgIpc) is 3.56. The van der Waals surface area contributed by atoms with Crippen LogP contribution in [0.25, 0.3) is 0 Å². The van der Waals surface area contributed by atoms with Crippen LogP contribution in [0.1, 0.15) is 48.9 Å². The number of rotatable bonds is 8. The van der Waals surface area contributed by atoms with E-state index in [1.165, 1.54) is 6.07 Å². The first-order chi connectivity index (χ1) is 14.8. The molecule has 2 heterocycles. The molecule has 3 fully saturated rings. The first kappa shape index (κ1) is 22.8. The normalized spacial score (nSPS) is 26.1. The number of halogens is 2. The van der Waals surface area contributed by atoms with Crippen LogP contribution in [0.5, 0.6) is 0 Å². The molecular formula is C22H30F2N2O4S. The fourth-order valence-electron chi connectivity index (χ4n) is 4.81. The van der Waals surface area contributed by atoms with E-state index in [9.17, 15) is 22.0 Å². The first-order valence-corrected chi connectivity index (χ1v) is 12.7. The number of benzene rings is 1. The fraction of sp³-hybridized carbons (Fsp3) is 0.682. The maximum absolute atomic E-state index is 14.0. The van der Waals surface area contributed by atoms with E-state index >= 15 is 0 Å². The van der Waals surface area contributed by atoms with Gasteiger partial charge in [0.1, 0.15) is 11.6 Å². The number of piperazine rings is 1. The second kappa shape index (κ2) is 9.21. The lowest BCUT2D eigenvalue weighted by atomic mass is 9.83. The summed E-state index contributed by atoms with van der Waals surface area (Å²) in [6.45, 7) is 3.06. The van der Waals surface area contributed by atoms with Gasteiger partial charge >= 0.3 is 0 Å². The number of carbonyl (C=O) groups is 1. The third kappa shape index (κ3) is 5.16. The van der Waals surface area contributed by atoms with Crippen LogP contribution in [-0.4, -0.2) is 74.1 Å². The smallest absolute Gasteiger partial charge is 0.214 e. The maximum atomic E-state index is 14.0. The molecule has 0 bridgehead atoms. The Labute approximate surface area is 182 Å². The van der Waals surface area contributed by atoms with Gasteiger partial charge in [-0.05, 0) is 50.2 Å². The summed E-state index contributed by atoms with van der Waals surface area (Å²) in [4.78, 5) is 14.8. The number of hydrogen-bond acceptors (Lipinski definition) is 5. The molecule has 1 atom stereocenters. The van der Waals surface area contributed by atoms with Crippen molar-refractivity contribution in [1.29, 1.82) is 0 Å². The van der Waals surface area contributed by atoms with E-state index in [4.69, 9.17) is 4.74 Å². The molecule has 2 aliphatic heterocycles. The minimum absolute atomic E-state index is 0.0153. The minimum Gasteiger partial charge on any atom is -0.380 e. The van der Waals surface area contributed by atoms with Gasteiger partial charge in [-0.1, -0.05) is 6.07 Å². The number of nitrogens with zero attached hydrogens (tertiary/aromatic N) is 2. The zero-order valence-corrected chi connectivity index (χ0v) is 18.5. The number of Topliss-reactive ketones (excluding diaryl/α,β-unsaturated/α-hetero) is 1. The van der Waals surface area contributed by atoms with Gasteiger partial charge in [0, 0.05) is 44.7 Å². The van der Waals surface area contributed by atoms with Crippen molar-refractivity contribution >= 4 is 15.8 Å². The third-order valence-corrected chi connectivity index (χ3v) is 8.85. The van der Waals surface area contributed by atoms with E-state index in [1.807, 2.05) is 0 Å². The maximum Gasteiger partial charge on any atom is 0.214 e. The molecule has 1 aromatic rings. The van der Waals surface area contributed by atoms with E-state index in [2.05, 4.69) is 4.90 Å². The molecule has 1 saturated carbocycles. The molecule has 1 unspecified atom stereocenters. The van der Waals surface area contributed by atoms with E-state index in [-0.39, 0.29) is 12.2 Å². The van der Waals surface area contributed by atoms with Crippen LogP contribution in [0, 0.1) is 17.6 Å². The largest absolute Gasteiger partial charge is 0.380 e. The molecule has 0 spiro atoms. The monoisotopic (exact) mass is 456 g/mol. The Hall–Kier alpha value is -1.42. The van der Waals surface area contributed by atoms with E-state index in [1.54, 1.807) is 4.31 Å². The highest BCUT2D eigenvalue weighted by molar-refractivity contribution is 7.89. The van der Waals surface area contributed by atoms with Gasteiger partial charge < -0.3 is 4.74 Å². The molecule has 31 heavy (non-hydrogen) atoms. The SMILES string of the molecule is O=C(CCC1(N2CCN(S(=O)(=O)CC3CC3)CC2)CCCOC1)c1c(F)cccc1F. The number of ether oxygens (including phenoxy) is 1. The van der Waals surface area contributed by atoms with Crippen LogP contribution in [0.15, 0.2) is 18.2 Å². The Morgan fingerprint density at radius 2 is 1.81 bits per heavy atom. The molecule has 3 aliphatic rings. The number of sulfonamides is 1. The van der Waals surface area contributed by atoms with Crippen LogP contribution >= 0.6 is 0 Å². The molecule has 0 radical (unpaired) electrons. The van der Waals surface area contributed by atoms with Gasteiger partial charge in [0.15, 0.2) is 5.78 Å². The second-order valence-corrected chi connectivity index (χ2v) is 11.0. The highest BCUT2D eigenvalue weighted by atomic mass is 32.2. The minimum atomic E-state index is -3.23. The van der Waals surface area contributed by atoms with Crippen LogP contribution in [0.3, 0.4) is 0 Å². The Balaban J connectivity index is 1.42. The standard InChI is InChI=1S/C22H30F2N2O4S/c23-18-3-1-4-19(24)21(18)20(27)7-9-22(8-2-14-30-16-22)25-10-12-26(13-11-25)31(28,29)15-17-5-6-17/h1,3-4,17H,2,5-16H2. The Morgan fingerprint density at radius 3 is 2.39 bits per heavy atom. The van der Waals surface area contributed by atoms with Gasteiger partial charge in [0.05, 0.1) is 17.9 Å². The van der Waals surface area contributed by atoms with Crippen molar-refractivity contribution in [2.45, 2.75) is 44.1 Å². The van der Waals surface area contributed by atoms with Crippen molar-refractivity contribution in [3.63, 3.8) is 0 Å². The molecule has 0 amide bonds. The lowest BCUT2D eigenvalue weighted by Gasteiger charge is -2.49. The van der Waals surface area contributed by atoms with Gasteiger partial charge in [-0.2, -0.15) is 4.31 Å². The van der Waals surface area contributed by atoms with Crippen LogP contribution < -0.4 is 0 Å². The quantitative estimate of drug-likeness (QED) is 0.563. The Bertz CT molecular complexity index is 886. The Morgan fingerprint density at radius 1 is 1.13 bits per heavy atom. The molecule has 2 saturated heterocycles. The van der Waals surface area contributed by atoms with E-state index < -0.39 is 38.5 Å². The van der Waals surface area contributed by atoms with Crippen molar-refractivity contribution in [2.75, 3.05) is 45.1 Å². The zero-order chi connectivity index (χ0) is 22.1. The predicted octanol–water partition coefficient (Wildman–Crippen LogP) is 2.83. The summed E-state index contributed by atoms with van der Waals surface area (Å²) < 4.78 is 60.5. The molecule has 4 rings (SSSR count). The van der Waals surface area contributed by atoms with Gasteiger partial charge in [-0.3, -0.25) is 9.69 Å². The summed E-state index contributed by atoms with van der Waals surface area (Å²) in [5, 5.41) is 0. The van der Waals surface area contributed by atoms with Crippen LogP contribution in [0.2, 0.25) is 0 Å². The molecule has 172 valence electrons. The van der Waals surface area contributed by atoms with Crippen molar-refractivity contribution < 1.29 is 26.7 Å². The third-order valence-electron chi connectivity index (χ3n) is 6.81. The van der Waals surface area contributed by atoms with Crippen molar-refractivity contribution in [3.8, 4) is 0 Å². The van der Waals surface area contributed by atoms with E-state index in [0.29, 0.717) is 51.7 Å². The van der Waals surface area contributed by atoms with Gasteiger partial charge in [0.2, 0.25) is 10.0 Å². The lowest BCUT2D eigenvalue weighted by molar-refractivity contribution is -0.0639. The van der Waals surface area contributed by atoms with Gasteiger partial charge in [-0.25, -0.2) is 17.2 Å². The molecule has 0 N–H and O–H groups in total. The molecule has 0 aromatic heterocycles. The molecule has 1 aromatic carbocycles. The zero-order valence-electron chi connectivity index (χ0n) is 17.7. The number of ketones is 1. The highest BCUT2D eigenvalue weighted by Gasteiger charge is 2.42. The van der Waals surface area contributed by atoms with Crippen molar-refractivity contribution in [2.24, 2.45) is 5.92 Å². The number of carbonyl (C=O) groups excluding carboxylic acids is 1. The molecule has 6 nitrogen and oxygen atoms in total. The van der Waals surface area contributed by atoms with Crippen LogP contribution in [-0.2, 0) is 14.8 Å². The topological polar surface area (TPSA) is 66.9 Å². The summed E-state index contributed by atoms with van der Waals surface area (Å²) in [7, 11) is -3.23. The molecular weight excluding hydrogens is 426 g/mol. The lowest BCUT2D eigenvalue weighted by Crippen LogP contribution is -2.61. The summed E-state index contributed by atoms with van der Waals surface area (Å²) >= 11 is 0. The summed E-state index contributed by atoms with van der Waals surface area (Å²) in [5.74, 6) is -1.68. The summed E-state index contributed by atoms with van der Waals surface area (Å²) in [5.41, 5.74) is -0.896. The molecule has 9 heteroatoms. The van der Waals surface area contributed by atoms with Crippen LogP contribution in [0.4, 0.5) is 8.78 Å². The number of hydrogen-bond donors (Lipinski definition) is 0. The van der Waals surface area contributed by atoms with Crippen molar-refractivity contribution in [1.82, 2.24) is 9.21 Å². The fourth-order valence-corrected chi connectivity index (χ4v) is 6.67. The summed E-state index contributed by atoms with van der Waals surface area (Å²) in [6.07, 6.45) is 4.08. The highest BCUT2D eigenvalue weighted by Crippen LogP contribution is 2.34. The predicted molar refractivity (Wildman–Crippen MR) is 112 cm³/mol. The van der Waals surface area contributed by atoms with Gasteiger partial charge in [0.25, 0.3) is 0 Å². The average molecular weight is 457 g/mol. The van der Waals surface area contributed by atoms with Gasteiger partial charge in [-0.15, -0.1) is 0 Å². The first-order valence-electron chi connectivity index (χ1n) is 11.1. The van der Waals surface area contributed by atoms with Crippen molar-refractivity contribution in [3.05, 3.63) is 35.4 Å². The van der Waals surface area contributed by atoms with E-state index in [0.717, 1.165) is 37.8 Å². The second-order valence-electron chi connectivity index (χ2n) is 9.01. The summed E-state index contributed by atoms with van der Waals surface area (Å²) in [6, 6.07) is 3.43. The molecule has 1 aliphatic carbocycles. The Kier molecular flexibility index (Phi) is 6.76.